The third kappa shape index (κ3) is 8.57. The summed E-state index contributed by atoms with van der Waals surface area (Å²) < 4.78 is 0. The minimum atomic E-state index is -1.09. The third-order valence-electron chi connectivity index (χ3n) is 5.84. The van der Waals surface area contributed by atoms with Crippen LogP contribution in [0.1, 0.15) is 33.2 Å². The number of aromatic carboxylic acids is 1. The summed E-state index contributed by atoms with van der Waals surface area (Å²) in [7, 11) is 0. The summed E-state index contributed by atoms with van der Waals surface area (Å²) in [5.41, 5.74) is 1.94. The van der Waals surface area contributed by atoms with Crippen LogP contribution in [-0.2, 0) is 9.59 Å². The number of carbonyl (C=O) groups is 4. The van der Waals surface area contributed by atoms with Crippen LogP contribution < -0.4 is 16.0 Å². The fourth-order valence-corrected chi connectivity index (χ4v) is 4.91. The summed E-state index contributed by atoms with van der Waals surface area (Å²) in [4.78, 5) is 50.9. The molecule has 0 saturated carbocycles. The minimum Gasteiger partial charge on any atom is -0.478 e. The Morgan fingerprint density at radius 3 is 2.17 bits per heavy atom. The van der Waals surface area contributed by atoms with Crippen molar-refractivity contribution in [2.24, 2.45) is 0 Å². The molecule has 0 heterocycles. The van der Waals surface area contributed by atoms with Gasteiger partial charge >= 0.3 is 5.97 Å². The van der Waals surface area contributed by atoms with Gasteiger partial charge in [-0.2, -0.15) is 0 Å². The summed E-state index contributed by atoms with van der Waals surface area (Å²) in [5, 5.41) is 17.3. The summed E-state index contributed by atoms with van der Waals surface area (Å²) in [5.74, 6) is -2.40. The molecule has 8 nitrogen and oxygen atoms in total. The van der Waals surface area contributed by atoms with Gasteiger partial charge in [0.15, 0.2) is 0 Å². The van der Waals surface area contributed by atoms with Crippen molar-refractivity contribution in [3.8, 4) is 0 Å². The van der Waals surface area contributed by atoms with E-state index in [2.05, 4.69) is 16.0 Å². The van der Waals surface area contributed by atoms with Crippen LogP contribution in [0, 0.1) is 0 Å². The maximum Gasteiger partial charge on any atom is 0.335 e. The smallest absolute Gasteiger partial charge is 0.335 e. The zero-order valence-corrected chi connectivity index (χ0v) is 23.9. The molecule has 4 N–H and O–H groups in total. The van der Waals surface area contributed by atoms with Gasteiger partial charge in [-0.05, 0) is 79.2 Å². The average Bonchev–Trinajstić information content (AvgIpc) is 2.97. The predicted octanol–water partition coefficient (Wildman–Crippen LogP) is 6.57. The molecule has 4 aromatic rings. The molecular formula is C32H26ClN3O5S. The van der Waals surface area contributed by atoms with Gasteiger partial charge in [0.05, 0.1) is 10.8 Å². The molecule has 0 bridgehead atoms. The van der Waals surface area contributed by atoms with Gasteiger partial charge in [-0.15, -0.1) is 11.8 Å². The van der Waals surface area contributed by atoms with E-state index in [1.807, 2.05) is 0 Å². The van der Waals surface area contributed by atoms with Gasteiger partial charge in [-0.3, -0.25) is 14.4 Å². The first-order valence-electron chi connectivity index (χ1n) is 12.7. The number of amides is 3. The van der Waals surface area contributed by atoms with Gasteiger partial charge in [0.1, 0.15) is 5.70 Å². The fourth-order valence-electron chi connectivity index (χ4n) is 3.78. The molecule has 4 rings (SSSR count). The van der Waals surface area contributed by atoms with Crippen molar-refractivity contribution in [2.45, 2.75) is 17.1 Å². The highest BCUT2D eigenvalue weighted by atomic mass is 35.5. The summed E-state index contributed by atoms with van der Waals surface area (Å²) >= 11 is 7.38. The van der Waals surface area contributed by atoms with Crippen LogP contribution in [0.4, 0.5) is 11.4 Å². The molecule has 10 heteroatoms. The first-order chi connectivity index (χ1) is 20.2. The van der Waals surface area contributed by atoms with Crippen molar-refractivity contribution in [3.63, 3.8) is 0 Å². The fraction of sp³-hybridized carbons (Fsp3) is 0.0625. The van der Waals surface area contributed by atoms with Crippen molar-refractivity contribution in [1.29, 1.82) is 0 Å². The van der Waals surface area contributed by atoms with Crippen LogP contribution in [0.3, 0.4) is 0 Å². The molecule has 0 aliphatic carbocycles. The number of anilines is 2. The van der Waals surface area contributed by atoms with Crippen molar-refractivity contribution in [3.05, 3.63) is 131 Å². The van der Waals surface area contributed by atoms with E-state index in [9.17, 15) is 24.3 Å². The van der Waals surface area contributed by atoms with Crippen LogP contribution >= 0.6 is 23.4 Å². The predicted molar refractivity (Wildman–Crippen MR) is 166 cm³/mol. The highest BCUT2D eigenvalue weighted by molar-refractivity contribution is 8.00. The lowest BCUT2D eigenvalue weighted by molar-refractivity contribution is -0.115. The molecule has 4 aromatic carbocycles. The number of nitrogens with one attached hydrogen (secondary N) is 3. The molecule has 0 spiro atoms. The van der Waals surface area contributed by atoms with Crippen molar-refractivity contribution in [2.75, 3.05) is 10.6 Å². The molecule has 3 amide bonds. The van der Waals surface area contributed by atoms with Crippen LogP contribution in [0.2, 0.25) is 5.02 Å². The van der Waals surface area contributed by atoms with E-state index in [0.717, 1.165) is 0 Å². The molecule has 0 aliphatic rings. The van der Waals surface area contributed by atoms with Crippen LogP contribution in [0.5, 0.6) is 0 Å². The Morgan fingerprint density at radius 1 is 0.786 bits per heavy atom. The first-order valence-corrected chi connectivity index (χ1v) is 14.0. The van der Waals surface area contributed by atoms with Crippen molar-refractivity contribution >= 4 is 64.5 Å². The van der Waals surface area contributed by atoms with E-state index in [0.29, 0.717) is 32.4 Å². The number of hydrogen-bond donors (Lipinski definition) is 4. The van der Waals surface area contributed by atoms with Gasteiger partial charge in [0.2, 0.25) is 5.91 Å². The van der Waals surface area contributed by atoms with E-state index in [1.54, 1.807) is 97.9 Å². The highest BCUT2D eigenvalue weighted by Gasteiger charge is 2.18. The number of carbonyl (C=O) groups excluding carboxylic acids is 3. The van der Waals surface area contributed by atoms with E-state index < -0.39 is 23.0 Å². The Balaban J connectivity index is 1.47. The Kier molecular flexibility index (Phi) is 10.1. The van der Waals surface area contributed by atoms with Crippen molar-refractivity contribution in [1.82, 2.24) is 5.32 Å². The summed E-state index contributed by atoms with van der Waals surface area (Å²) in [6, 6.07) is 28.4. The number of benzene rings is 4. The quantitative estimate of drug-likeness (QED) is 0.121. The van der Waals surface area contributed by atoms with Crippen molar-refractivity contribution < 1.29 is 24.3 Å². The van der Waals surface area contributed by atoms with Gasteiger partial charge in [-0.1, -0.05) is 54.1 Å². The highest BCUT2D eigenvalue weighted by Crippen LogP contribution is 2.27. The van der Waals surface area contributed by atoms with Crippen LogP contribution in [0.25, 0.3) is 6.08 Å². The molecule has 212 valence electrons. The second-order valence-corrected chi connectivity index (χ2v) is 10.9. The maximum absolute atomic E-state index is 13.3. The van der Waals surface area contributed by atoms with Gasteiger partial charge < -0.3 is 21.1 Å². The second-order valence-electron chi connectivity index (χ2n) is 9.05. The molecule has 0 aromatic heterocycles. The topological polar surface area (TPSA) is 125 Å². The third-order valence-corrected chi connectivity index (χ3v) is 7.17. The maximum atomic E-state index is 13.3. The zero-order chi connectivity index (χ0) is 30.1. The lowest BCUT2D eigenvalue weighted by Gasteiger charge is -2.14. The number of carboxylic acid groups (broad SMARTS) is 1. The standard InChI is InChI=1S/C32H26ClN3O5S/c1-20(29(37)34-25-13-6-11-23(18-25)32(40)41)42-27-15-7-14-26(19-27)35-31(39)28(17-21-8-5-12-24(33)16-21)36-30(38)22-9-3-2-4-10-22/h2-20H,1H3,(H,34,37)(H,35,39)(H,36,38)(H,40,41)/b28-17-. The SMILES string of the molecule is CC(Sc1cccc(NC(=O)/C(=C/c2cccc(Cl)c2)NC(=O)c2ccccc2)c1)C(=O)Nc1cccc(C(=O)O)c1. The Hall–Kier alpha value is -4.86. The number of halogens is 1. The number of carboxylic acids is 1. The minimum absolute atomic E-state index is 0.0144. The van der Waals surface area contributed by atoms with E-state index in [-0.39, 0.29) is 17.2 Å². The molecule has 0 saturated heterocycles. The normalized spacial score (nSPS) is 11.7. The van der Waals surface area contributed by atoms with Gasteiger partial charge in [0.25, 0.3) is 11.8 Å². The first kappa shape index (κ1) is 30.1. The molecule has 1 unspecified atom stereocenters. The number of hydrogen-bond acceptors (Lipinski definition) is 5. The lowest BCUT2D eigenvalue weighted by Crippen LogP contribution is -2.30. The second kappa shape index (κ2) is 14.2. The molecule has 42 heavy (non-hydrogen) atoms. The Bertz CT molecular complexity index is 1660. The number of thioether (sulfide) groups is 1. The van der Waals surface area contributed by atoms with Gasteiger partial charge in [-0.25, -0.2) is 4.79 Å². The molecule has 0 aliphatic heterocycles. The molecule has 0 fully saturated rings. The summed E-state index contributed by atoms with van der Waals surface area (Å²) in [6.07, 6.45) is 1.53. The molecule has 0 radical (unpaired) electrons. The molecular weight excluding hydrogens is 574 g/mol. The Morgan fingerprint density at radius 2 is 1.45 bits per heavy atom. The van der Waals surface area contributed by atoms with Gasteiger partial charge in [0, 0.05) is 26.9 Å². The van der Waals surface area contributed by atoms with E-state index >= 15 is 0 Å². The summed E-state index contributed by atoms with van der Waals surface area (Å²) in [6.45, 7) is 1.72. The monoisotopic (exact) mass is 599 g/mol. The van der Waals surface area contributed by atoms with Crippen LogP contribution in [-0.4, -0.2) is 34.0 Å². The molecule has 1 atom stereocenters. The van der Waals surface area contributed by atoms with Crippen LogP contribution in [0.15, 0.2) is 114 Å². The number of rotatable bonds is 10. The van der Waals surface area contributed by atoms with E-state index in [1.165, 1.54) is 30.0 Å². The largest absolute Gasteiger partial charge is 0.478 e. The van der Waals surface area contributed by atoms with E-state index in [4.69, 9.17) is 11.6 Å². The lowest BCUT2D eigenvalue weighted by atomic mass is 10.1. The Labute approximate surface area is 251 Å². The average molecular weight is 600 g/mol. The zero-order valence-electron chi connectivity index (χ0n) is 22.3.